The van der Waals surface area contributed by atoms with Gasteiger partial charge in [0.1, 0.15) is 5.82 Å². The highest BCUT2D eigenvalue weighted by Crippen LogP contribution is 2.27. The fourth-order valence-electron chi connectivity index (χ4n) is 1.94. The van der Waals surface area contributed by atoms with Gasteiger partial charge in [0.2, 0.25) is 0 Å². The third kappa shape index (κ3) is 2.71. The van der Waals surface area contributed by atoms with E-state index in [-0.39, 0.29) is 11.9 Å². The van der Waals surface area contributed by atoms with Crippen molar-refractivity contribution in [3.8, 4) is 0 Å². The van der Waals surface area contributed by atoms with Gasteiger partial charge in [-0.25, -0.2) is 9.82 Å². The number of hydrogen-bond donors (Lipinski definition) is 2. The summed E-state index contributed by atoms with van der Waals surface area (Å²) in [6, 6.07) is 12.3. The number of aryl methyl sites for hydroxylation is 1. The third-order valence-electron chi connectivity index (χ3n) is 2.88. The average molecular weight is 356 g/mol. The summed E-state index contributed by atoms with van der Waals surface area (Å²) in [6.45, 7) is 2.05. The SMILES string of the molecule is Cc1cccc(C(NN)c2cccc(F)c2)c1I. The van der Waals surface area contributed by atoms with Crippen molar-refractivity contribution in [2.75, 3.05) is 0 Å². The van der Waals surface area contributed by atoms with Gasteiger partial charge in [0.15, 0.2) is 0 Å². The van der Waals surface area contributed by atoms with Crippen molar-refractivity contribution in [1.29, 1.82) is 0 Å². The Morgan fingerprint density at radius 1 is 1.22 bits per heavy atom. The molecule has 2 aromatic rings. The number of nitrogens with two attached hydrogens (primary N) is 1. The lowest BCUT2D eigenvalue weighted by Gasteiger charge is -2.19. The molecule has 2 aromatic carbocycles. The summed E-state index contributed by atoms with van der Waals surface area (Å²) in [7, 11) is 0. The van der Waals surface area contributed by atoms with E-state index in [1.165, 1.54) is 17.7 Å². The normalized spacial score (nSPS) is 12.4. The molecule has 0 aliphatic carbocycles. The Morgan fingerprint density at radius 3 is 2.61 bits per heavy atom. The molecule has 1 atom stereocenters. The second kappa shape index (κ2) is 5.77. The van der Waals surface area contributed by atoms with Crippen molar-refractivity contribution in [2.45, 2.75) is 13.0 Å². The second-order valence-corrected chi connectivity index (χ2v) is 5.21. The van der Waals surface area contributed by atoms with Gasteiger partial charge in [0.25, 0.3) is 0 Å². The van der Waals surface area contributed by atoms with E-state index in [9.17, 15) is 4.39 Å². The predicted molar refractivity (Wildman–Crippen MR) is 79.5 cm³/mol. The van der Waals surface area contributed by atoms with E-state index in [1.807, 2.05) is 31.2 Å². The molecule has 3 N–H and O–H groups in total. The lowest BCUT2D eigenvalue weighted by molar-refractivity contribution is 0.604. The minimum atomic E-state index is -0.254. The first-order chi connectivity index (χ1) is 8.63. The predicted octanol–water partition coefficient (Wildman–Crippen LogP) is 3.29. The Bertz CT molecular complexity index is 557. The standard InChI is InChI=1S/C14H14FIN2/c1-9-4-2-7-12(13(9)16)14(18-17)10-5-3-6-11(15)8-10/h2-8,14,18H,17H2,1H3. The number of hydrogen-bond acceptors (Lipinski definition) is 2. The zero-order valence-corrected chi connectivity index (χ0v) is 12.1. The molecule has 18 heavy (non-hydrogen) atoms. The van der Waals surface area contributed by atoms with Crippen molar-refractivity contribution >= 4 is 22.6 Å². The molecule has 0 radical (unpaired) electrons. The van der Waals surface area contributed by atoms with Crippen LogP contribution in [0.4, 0.5) is 4.39 Å². The summed E-state index contributed by atoms with van der Waals surface area (Å²) < 4.78 is 14.4. The largest absolute Gasteiger partial charge is 0.271 e. The molecule has 1 unspecified atom stereocenters. The second-order valence-electron chi connectivity index (χ2n) is 4.13. The molecule has 0 fully saturated rings. The van der Waals surface area contributed by atoms with Gasteiger partial charge in [-0.05, 0) is 58.3 Å². The summed E-state index contributed by atoms with van der Waals surface area (Å²) >= 11 is 2.29. The molecule has 2 nitrogen and oxygen atoms in total. The van der Waals surface area contributed by atoms with Gasteiger partial charge in [-0.2, -0.15) is 0 Å². The summed E-state index contributed by atoms with van der Waals surface area (Å²) in [5, 5.41) is 0. The maximum Gasteiger partial charge on any atom is 0.123 e. The van der Waals surface area contributed by atoms with Gasteiger partial charge >= 0.3 is 0 Å². The minimum absolute atomic E-state index is 0.201. The molecule has 0 saturated carbocycles. The summed E-state index contributed by atoms with van der Waals surface area (Å²) in [5.74, 6) is 5.38. The van der Waals surface area contributed by atoms with Crippen LogP contribution in [-0.4, -0.2) is 0 Å². The first kappa shape index (κ1) is 13.5. The quantitative estimate of drug-likeness (QED) is 0.503. The van der Waals surface area contributed by atoms with E-state index in [2.05, 4.69) is 28.0 Å². The Labute approximate surface area is 120 Å². The van der Waals surface area contributed by atoms with Crippen LogP contribution in [0.25, 0.3) is 0 Å². The van der Waals surface area contributed by atoms with Crippen LogP contribution in [0.5, 0.6) is 0 Å². The van der Waals surface area contributed by atoms with Crippen LogP contribution in [-0.2, 0) is 0 Å². The number of nitrogens with one attached hydrogen (secondary N) is 1. The maximum atomic E-state index is 13.3. The Balaban J connectivity index is 2.49. The van der Waals surface area contributed by atoms with Crippen LogP contribution in [0, 0.1) is 16.3 Å². The van der Waals surface area contributed by atoms with Crippen molar-refractivity contribution in [2.24, 2.45) is 5.84 Å². The molecule has 2 rings (SSSR count). The summed E-state index contributed by atoms with van der Waals surface area (Å²) in [4.78, 5) is 0. The molecule has 94 valence electrons. The smallest absolute Gasteiger partial charge is 0.123 e. The van der Waals surface area contributed by atoms with Crippen molar-refractivity contribution < 1.29 is 4.39 Å². The van der Waals surface area contributed by atoms with E-state index in [0.717, 1.165) is 14.7 Å². The van der Waals surface area contributed by atoms with Crippen LogP contribution in [0.1, 0.15) is 22.7 Å². The minimum Gasteiger partial charge on any atom is -0.271 e. The molecule has 0 spiro atoms. The highest BCUT2D eigenvalue weighted by atomic mass is 127. The number of rotatable bonds is 3. The van der Waals surface area contributed by atoms with E-state index >= 15 is 0 Å². The maximum absolute atomic E-state index is 13.3. The lowest BCUT2D eigenvalue weighted by Crippen LogP contribution is -2.29. The summed E-state index contributed by atoms with van der Waals surface area (Å²) in [6.07, 6.45) is 0. The fourth-order valence-corrected chi connectivity index (χ4v) is 2.62. The van der Waals surface area contributed by atoms with Gasteiger partial charge in [0.05, 0.1) is 6.04 Å². The Kier molecular flexibility index (Phi) is 4.31. The molecule has 0 amide bonds. The van der Waals surface area contributed by atoms with E-state index < -0.39 is 0 Å². The molecule has 0 heterocycles. The zero-order chi connectivity index (χ0) is 13.1. The molecular weight excluding hydrogens is 342 g/mol. The van der Waals surface area contributed by atoms with Crippen LogP contribution in [0.15, 0.2) is 42.5 Å². The molecule has 0 aromatic heterocycles. The van der Waals surface area contributed by atoms with Crippen molar-refractivity contribution in [1.82, 2.24) is 5.43 Å². The van der Waals surface area contributed by atoms with Crippen LogP contribution in [0.2, 0.25) is 0 Å². The number of halogens is 2. The van der Waals surface area contributed by atoms with Gasteiger partial charge in [-0.15, -0.1) is 0 Å². The Morgan fingerprint density at radius 2 is 1.94 bits per heavy atom. The average Bonchev–Trinajstić information content (AvgIpc) is 2.35. The molecule has 0 saturated heterocycles. The topological polar surface area (TPSA) is 38.0 Å². The Hall–Kier alpha value is -0.980. The van der Waals surface area contributed by atoms with Gasteiger partial charge in [-0.3, -0.25) is 5.84 Å². The molecule has 4 heteroatoms. The lowest BCUT2D eigenvalue weighted by atomic mass is 9.98. The monoisotopic (exact) mass is 356 g/mol. The van der Waals surface area contributed by atoms with Gasteiger partial charge in [-0.1, -0.05) is 30.3 Å². The third-order valence-corrected chi connectivity index (χ3v) is 4.35. The van der Waals surface area contributed by atoms with E-state index in [1.54, 1.807) is 6.07 Å². The van der Waals surface area contributed by atoms with Crippen molar-refractivity contribution in [3.05, 3.63) is 68.5 Å². The number of hydrazine groups is 1. The molecular formula is C14H14FIN2. The van der Waals surface area contributed by atoms with Crippen LogP contribution < -0.4 is 11.3 Å². The summed E-state index contributed by atoms with van der Waals surface area (Å²) in [5.41, 5.74) is 5.82. The van der Waals surface area contributed by atoms with E-state index in [4.69, 9.17) is 5.84 Å². The highest BCUT2D eigenvalue weighted by molar-refractivity contribution is 14.1. The zero-order valence-electron chi connectivity index (χ0n) is 9.95. The molecule has 0 aliphatic heterocycles. The highest BCUT2D eigenvalue weighted by Gasteiger charge is 2.16. The van der Waals surface area contributed by atoms with Gasteiger partial charge in [0, 0.05) is 3.57 Å². The van der Waals surface area contributed by atoms with Crippen LogP contribution in [0.3, 0.4) is 0 Å². The first-order valence-electron chi connectivity index (χ1n) is 5.60. The fraction of sp³-hybridized carbons (Fsp3) is 0.143. The molecule has 0 bridgehead atoms. The first-order valence-corrected chi connectivity index (χ1v) is 6.68. The van der Waals surface area contributed by atoms with Crippen molar-refractivity contribution in [3.63, 3.8) is 0 Å². The van der Waals surface area contributed by atoms with E-state index in [0.29, 0.717) is 0 Å². The molecule has 0 aliphatic rings. The van der Waals surface area contributed by atoms with Crippen LogP contribution >= 0.6 is 22.6 Å². The van der Waals surface area contributed by atoms with Gasteiger partial charge < -0.3 is 0 Å². The number of benzene rings is 2.